The molecule has 1 aromatic rings. The first kappa shape index (κ1) is 14.4. The summed E-state index contributed by atoms with van der Waals surface area (Å²) in [6.45, 7) is 4.38. The molecule has 1 atom stereocenters. The Morgan fingerprint density at radius 3 is 2.59 bits per heavy atom. The summed E-state index contributed by atoms with van der Waals surface area (Å²) in [6.07, 6.45) is 3.12. The van der Waals surface area contributed by atoms with Gasteiger partial charge in [0.2, 0.25) is 0 Å². The van der Waals surface area contributed by atoms with Crippen LogP contribution < -0.4 is 11.3 Å². The summed E-state index contributed by atoms with van der Waals surface area (Å²) in [7, 11) is 0. The van der Waals surface area contributed by atoms with Crippen molar-refractivity contribution in [3.63, 3.8) is 0 Å². The highest BCUT2D eigenvalue weighted by atomic mass is 35.5. The highest BCUT2D eigenvalue weighted by molar-refractivity contribution is 6.31. The molecule has 1 unspecified atom stereocenters. The smallest absolute Gasteiger partial charge is 0.124 e. The van der Waals surface area contributed by atoms with E-state index in [2.05, 4.69) is 19.3 Å². The van der Waals surface area contributed by atoms with E-state index >= 15 is 0 Å². The van der Waals surface area contributed by atoms with Crippen LogP contribution in [0.1, 0.15) is 44.7 Å². The molecule has 0 amide bonds. The van der Waals surface area contributed by atoms with Crippen LogP contribution in [-0.2, 0) is 0 Å². The molecular weight excluding hydrogens is 239 g/mol. The molecule has 1 aromatic carbocycles. The van der Waals surface area contributed by atoms with Gasteiger partial charge in [-0.1, -0.05) is 44.4 Å². The van der Waals surface area contributed by atoms with Gasteiger partial charge in [0, 0.05) is 11.1 Å². The summed E-state index contributed by atoms with van der Waals surface area (Å²) in [5, 5.41) is 0.428. The summed E-state index contributed by atoms with van der Waals surface area (Å²) in [4.78, 5) is 0. The third-order valence-corrected chi connectivity index (χ3v) is 3.14. The molecule has 0 saturated heterocycles. The fourth-order valence-corrected chi connectivity index (χ4v) is 2.14. The maximum atomic E-state index is 12.9. The number of nitrogens with two attached hydrogens (primary N) is 1. The molecule has 4 heteroatoms. The van der Waals surface area contributed by atoms with Crippen LogP contribution in [0.3, 0.4) is 0 Å². The first-order valence-corrected chi connectivity index (χ1v) is 6.33. The van der Waals surface area contributed by atoms with Crippen molar-refractivity contribution in [3.05, 3.63) is 34.6 Å². The predicted molar refractivity (Wildman–Crippen MR) is 70.2 cm³/mol. The van der Waals surface area contributed by atoms with Crippen molar-refractivity contribution in [1.82, 2.24) is 5.43 Å². The van der Waals surface area contributed by atoms with Crippen molar-refractivity contribution in [1.29, 1.82) is 0 Å². The Hall–Kier alpha value is -0.640. The van der Waals surface area contributed by atoms with E-state index in [-0.39, 0.29) is 11.9 Å². The van der Waals surface area contributed by atoms with Crippen LogP contribution >= 0.6 is 11.6 Å². The maximum Gasteiger partial charge on any atom is 0.124 e. The molecule has 1 rings (SSSR count). The normalized spacial score (nSPS) is 13.1. The predicted octanol–water partition coefficient (Wildman–Crippen LogP) is 3.81. The first-order valence-electron chi connectivity index (χ1n) is 5.95. The van der Waals surface area contributed by atoms with Crippen molar-refractivity contribution in [2.45, 2.75) is 39.2 Å². The standard InChI is InChI=1S/C13H20ClFN2/c1-9(2)4-3-5-13(17-16)11-7-6-10(15)8-12(11)14/h6-9,13,17H,3-5,16H2,1-2H3. The van der Waals surface area contributed by atoms with Crippen molar-refractivity contribution in [2.24, 2.45) is 11.8 Å². The van der Waals surface area contributed by atoms with Gasteiger partial charge in [0.1, 0.15) is 5.82 Å². The summed E-state index contributed by atoms with van der Waals surface area (Å²) >= 11 is 6.01. The van der Waals surface area contributed by atoms with Crippen LogP contribution in [0.2, 0.25) is 5.02 Å². The Morgan fingerprint density at radius 1 is 1.35 bits per heavy atom. The third kappa shape index (κ3) is 4.62. The molecule has 2 nitrogen and oxygen atoms in total. The number of rotatable bonds is 6. The number of hydrogen-bond acceptors (Lipinski definition) is 2. The van der Waals surface area contributed by atoms with E-state index in [4.69, 9.17) is 17.4 Å². The van der Waals surface area contributed by atoms with E-state index in [1.165, 1.54) is 12.1 Å². The largest absolute Gasteiger partial charge is 0.271 e. The summed E-state index contributed by atoms with van der Waals surface area (Å²) in [5.41, 5.74) is 3.61. The summed E-state index contributed by atoms with van der Waals surface area (Å²) < 4.78 is 12.9. The Bertz CT molecular complexity index is 355. The lowest BCUT2D eigenvalue weighted by Crippen LogP contribution is -2.28. The molecular formula is C13H20ClFN2. The molecule has 17 heavy (non-hydrogen) atoms. The molecule has 0 saturated carbocycles. The molecule has 0 aliphatic carbocycles. The van der Waals surface area contributed by atoms with Gasteiger partial charge in [-0.25, -0.2) is 4.39 Å². The molecule has 0 aliphatic heterocycles. The van der Waals surface area contributed by atoms with Gasteiger partial charge in [-0.15, -0.1) is 0 Å². The van der Waals surface area contributed by atoms with Crippen LogP contribution in [0.15, 0.2) is 18.2 Å². The Labute approximate surface area is 107 Å². The van der Waals surface area contributed by atoms with Crippen LogP contribution in [0, 0.1) is 11.7 Å². The SMILES string of the molecule is CC(C)CCCC(NN)c1ccc(F)cc1Cl. The van der Waals surface area contributed by atoms with Crippen LogP contribution in [-0.4, -0.2) is 0 Å². The molecule has 96 valence electrons. The molecule has 0 radical (unpaired) electrons. The minimum atomic E-state index is -0.322. The Balaban J connectivity index is 2.66. The van der Waals surface area contributed by atoms with E-state index < -0.39 is 0 Å². The van der Waals surface area contributed by atoms with E-state index in [1.807, 2.05) is 0 Å². The first-order chi connectivity index (χ1) is 8.04. The van der Waals surface area contributed by atoms with Crippen LogP contribution in [0.25, 0.3) is 0 Å². The zero-order valence-electron chi connectivity index (χ0n) is 10.3. The van der Waals surface area contributed by atoms with Gasteiger partial charge < -0.3 is 0 Å². The highest BCUT2D eigenvalue weighted by Crippen LogP contribution is 2.27. The molecule has 3 N–H and O–H groups in total. The van der Waals surface area contributed by atoms with Crippen molar-refractivity contribution in [3.8, 4) is 0 Å². The van der Waals surface area contributed by atoms with Gasteiger partial charge in [-0.05, 0) is 30.0 Å². The van der Waals surface area contributed by atoms with Gasteiger partial charge in [0.05, 0.1) is 0 Å². The van der Waals surface area contributed by atoms with E-state index in [1.54, 1.807) is 6.07 Å². The molecule has 0 fully saturated rings. The van der Waals surface area contributed by atoms with Gasteiger partial charge >= 0.3 is 0 Å². The molecule has 0 heterocycles. The second kappa shape index (κ2) is 6.94. The molecule has 0 aromatic heterocycles. The zero-order valence-corrected chi connectivity index (χ0v) is 11.1. The van der Waals surface area contributed by atoms with Gasteiger partial charge in [-0.3, -0.25) is 11.3 Å². The van der Waals surface area contributed by atoms with Crippen LogP contribution in [0.5, 0.6) is 0 Å². The minimum absolute atomic E-state index is 0.0122. The maximum absolute atomic E-state index is 12.9. The number of halogens is 2. The molecule has 0 bridgehead atoms. The third-order valence-electron chi connectivity index (χ3n) is 2.81. The van der Waals surface area contributed by atoms with Gasteiger partial charge in [-0.2, -0.15) is 0 Å². The quantitative estimate of drug-likeness (QED) is 0.602. The number of benzene rings is 1. The van der Waals surface area contributed by atoms with Gasteiger partial charge in [0.15, 0.2) is 0 Å². The number of hydrogen-bond donors (Lipinski definition) is 2. The molecule has 0 spiro atoms. The second-order valence-corrected chi connectivity index (χ2v) is 5.12. The van der Waals surface area contributed by atoms with Crippen molar-refractivity contribution >= 4 is 11.6 Å². The van der Waals surface area contributed by atoms with E-state index in [9.17, 15) is 4.39 Å². The number of nitrogens with one attached hydrogen (secondary N) is 1. The number of hydrazine groups is 1. The van der Waals surface area contributed by atoms with Crippen LogP contribution in [0.4, 0.5) is 4.39 Å². The topological polar surface area (TPSA) is 38.0 Å². The van der Waals surface area contributed by atoms with Crippen molar-refractivity contribution in [2.75, 3.05) is 0 Å². The average molecular weight is 259 g/mol. The summed E-state index contributed by atoms with van der Waals surface area (Å²) in [5.74, 6) is 5.88. The van der Waals surface area contributed by atoms with E-state index in [0.29, 0.717) is 10.9 Å². The Morgan fingerprint density at radius 2 is 2.06 bits per heavy atom. The van der Waals surface area contributed by atoms with Gasteiger partial charge in [0.25, 0.3) is 0 Å². The van der Waals surface area contributed by atoms with E-state index in [0.717, 1.165) is 24.8 Å². The Kier molecular flexibility index (Phi) is 5.89. The molecule has 0 aliphatic rings. The minimum Gasteiger partial charge on any atom is -0.271 e. The fourth-order valence-electron chi connectivity index (χ4n) is 1.84. The van der Waals surface area contributed by atoms with Crippen molar-refractivity contribution < 1.29 is 4.39 Å². The lowest BCUT2D eigenvalue weighted by atomic mass is 9.98. The zero-order chi connectivity index (χ0) is 12.8. The lowest BCUT2D eigenvalue weighted by Gasteiger charge is -2.18. The second-order valence-electron chi connectivity index (χ2n) is 4.71. The summed E-state index contributed by atoms with van der Waals surface area (Å²) in [6, 6.07) is 4.41. The fraction of sp³-hybridized carbons (Fsp3) is 0.538. The lowest BCUT2D eigenvalue weighted by molar-refractivity contribution is 0.455. The monoisotopic (exact) mass is 258 g/mol. The average Bonchev–Trinajstić information content (AvgIpc) is 2.25. The highest BCUT2D eigenvalue weighted by Gasteiger charge is 2.13.